The largest absolute Gasteiger partial charge is 0.314 e. The zero-order valence-electron chi connectivity index (χ0n) is 13.4. The second-order valence-corrected chi connectivity index (χ2v) is 7.30. The van der Waals surface area contributed by atoms with E-state index in [1.165, 1.54) is 31.7 Å². The molecule has 1 nitrogen and oxygen atoms in total. The van der Waals surface area contributed by atoms with Crippen LogP contribution in [0.1, 0.15) is 52.0 Å². The van der Waals surface area contributed by atoms with E-state index in [0.29, 0.717) is 17.4 Å². The highest BCUT2D eigenvalue weighted by atomic mass is 35.5. The molecule has 1 aromatic rings. The van der Waals surface area contributed by atoms with Gasteiger partial charge in [-0.05, 0) is 48.8 Å². The Morgan fingerprint density at radius 3 is 2.81 bits per heavy atom. The van der Waals surface area contributed by atoms with Crippen molar-refractivity contribution >= 4 is 11.6 Å². The smallest absolute Gasteiger partial charge is 0.142 e. The summed E-state index contributed by atoms with van der Waals surface area (Å²) in [6.07, 6.45) is 5.95. The maximum absolute atomic E-state index is 13.7. The molecular weight excluding hydrogens is 285 g/mol. The van der Waals surface area contributed by atoms with Gasteiger partial charge in [0, 0.05) is 6.04 Å². The van der Waals surface area contributed by atoms with Gasteiger partial charge in [-0.2, -0.15) is 0 Å². The zero-order valence-corrected chi connectivity index (χ0v) is 14.1. The molecule has 118 valence electrons. The fourth-order valence-corrected chi connectivity index (χ4v) is 4.03. The average molecular weight is 312 g/mol. The molecule has 0 radical (unpaired) electrons. The van der Waals surface area contributed by atoms with Crippen molar-refractivity contribution in [3.63, 3.8) is 0 Å². The van der Waals surface area contributed by atoms with E-state index in [1.807, 2.05) is 6.07 Å². The number of hydrogen-bond acceptors (Lipinski definition) is 1. The Hall–Kier alpha value is -0.600. The van der Waals surface area contributed by atoms with Crippen LogP contribution in [0.15, 0.2) is 18.2 Å². The van der Waals surface area contributed by atoms with E-state index in [-0.39, 0.29) is 10.8 Å². The lowest BCUT2D eigenvalue weighted by Gasteiger charge is -2.43. The van der Waals surface area contributed by atoms with Gasteiger partial charge in [0.15, 0.2) is 0 Å². The van der Waals surface area contributed by atoms with Crippen molar-refractivity contribution < 1.29 is 4.39 Å². The predicted octanol–water partition coefficient (Wildman–Crippen LogP) is 5.22. The molecule has 21 heavy (non-hydrogen) atoms. The first-order valence-electron chi connectivity index (χ1n) is 8.12. The van der Waals surface area contributed by atoms with Crippen LogP contribution in [0.4, 0.5) is 4.39 Å². The number of likely N-dealkylation sites (N-methyl/N-ethyl adjacent to an activating group) is 1. The van der Waals surface area contributed by atoms with Crippen LogP contribution in [0.3, 0.4) is 0 Å². The molecule has 2 unspecified atom stereocenters. The Kier molecular flexibility index (Phi) is 5.67. The lowest BCUT2D eigenvalue weighted by atomic mass is 9.65. The maximum atomic E-state index is 13.7. The summed E-state index contributed by atoms with van der Waals surface area (Å²) in [5.74, 6) is 0.304. The molecule has 1 fully saturated rings. The van der Waals surface area contributed by atoms with E-state index in [9.17, 15) is 4.39 Å². The molecule has 3 heteroatoms. The molecule has 0 amide bonds. The van der Waals surface area contributed by atoms with E-state index in [2.05, 4.69) is 26.1 Å². The van der Waals surface area contributed by atoms with Gasteiger partial charge in [-0.1, -0.05) is 57.3 Å². The molecule has 0 saturated heterocycles. The van der Waals surface area contributed by atoms with Crippen molar-refractivity contribution in [3.8, 4) is 0 Å². The van der Waals surface area contributed by atoms with Crippen LogP contribution in [0.25, 0.3) is 0 Å². The highest BCUT2D eigenvalue weighted by Gasteiger charge is 2.37. The first-order valence-corrected chi connectivity index (χ1v) is 8.49. The normalized spacial score (nSPS) is 23.0. The molecular formula is C18H27ClFN. The third kappa shape index (κ3) is 3.98. The number of benzene rings is 1. The molecule has 1 aliphatic rings. The van der Waals surface area contributed by atoms with Crippen molar-refractivity contribution in [3.05, 3.63) is 34.6 Å². The molecule has 1 N–H and O–H groups in total. The molecule has 1 aliphatic carbocycles. The lowest BCUT2D eigenvalue weighted by molar-refractivity contribution is 0.0987. The lowest BCUT2D eigenvalue weighted by Crippen LogP contribution is -2.46. The van der Waals surface area contributed by atoms with Crippen molar-refractivity contribution in [1.29, 1.82) is 0 Å². The highest BCUT2D eigenvalue weighted by Crippen LogP contribution is 2.43. The molecule has 0 bridgehead atoms. The molecule has 0 aliphatic heterocycles. The van der Waals surface area contributed by atoms with Gasteiger partial charge in [-0.3, -0.25) is 0 Å². The third-order valence-electron chi connectivity index (χ3n) is 5.01. The van der Waals surface area contributed by atoms with Gasteiger partial charge in [-0.15, -0.1) is 0 Å². The standard InChI is InChI=1S/C18H27ClFN/c1-4-21-16(14-9-5-6-11-18(14,2)3)12-13-8-7-10-15(20)17(13)19/h7-8,10,14,16,21H,4-6,9,11-12H2,1-3H3. The summed E-state index contributed by atoms with van der Waals surface area (Å²) in [5, 5.41) is 3.91. The van der Waals surface area contributed by atoms with Gasteiger partial charge >= 0.3 is 0 Å². The topological polar surface area (TPSA) is 12.0 Å². The minimum atomic E-state index is -0.313. The van der Waals surface area contributed by atoms with E-state index in [1.54, 1.807) is 6.07 Å². The predicted molar refractivity (Wildman–Crippen MR) is 88.3 cm³/mol. The Balaban J connectivity index is 2.20. The average Bonchev–Trinajstić information content (AvgIpc) is 2.43. The van der Waals surface area contributed by atoms with Crippen LogP contribution in [0.2, 0.25) is 5.02 Å². The fourth-order valence-electron chi connectivity index (χ4n) is 3.83. The summed E-state index contributed by atoms with van der Waals surface area (Å²) in [7, 11) is 0. The molecule has 0 heterocycles. The Morgan fingerprint density at radius 1 is 1.38 bits per heavy atom. The van der Waals surface area contributed by atoms with Gasteiger partial charge in [0.05, 0.1) is 5.02 Å². The second kappa shape index (κ2) is 7.11. The summed E-state index contributed by atoms with van der Waals surface area (Å²) in [6.45, 7) is 7.81. The number of hydrogen-bond donors (Lipinski definition) is 1. The molecule has 0 spiro atoms. The monoisotopic (exact) mass is 311 g/mol. The molecule has 2 atom stereocenters. The van der Waals surface area contributed by atoms with Crippen LogP contribution in [-0.4, -0.2) is 12.6 Å². The number of nitrogens with one attached hydrogen (secondary N) is 1. The van der Waals surface area contributed by atoms with E-state index in [4.69, 9.17) is 11.6 Å². The third-order valence-corrected chi connectivity index (χ3v) is 5.44. The van der Waals surface area contributed by atoms with Crippen LogP contribution in [0, 0.1) is 17.2 Å². The minimum Gasteiger partial charge on any atom is -0.314 e. The molecule has 0 aromatic heterocycles. The van der Waals surface area contributed by atoms with E-state index < -0.39 is 0 Å². The zero-order chi connectivity index (χ0) is 15.5. The van der Waals surface area contributed by atoms with Crippen molar-refractivity contribution in [1.82, 2.24) is 5.32 Å². The van der Waals surface area contributed by atoms with Crippen LogP contribution in [0.5, 0.6) is 0 Å². The number of halogens is 2. The first kappa shape index (κ1) is 16.8. The summed E-state index contributed by atoms with van der Waals surface area (Å²) < 4.78 is 13.7. The van der Waals surface area contributed by atoms with Crippen LogP contribution in [-0.2, 0) is 6.42 Å². The Morgan fingerprint density at radius 2 is 2.14 bits per heavy atom. The van der Waals surface area contributed by atoms with Crippen molar-refractivity contribution in [2.45, 2.75) is 58.9 Å². The van der Waals surface area contributed by atoms with Gasteiger partial charge < -0.3 is 5.32 Å². The van der Waals surface area contributed by atoms with Crippen LogP contribution >= 0.6 is 11.6 Å². The summed E-state index contributed by atoms with van der Waals surface area (Å²) in [5.41, 5.74) is 1.26. The summed E-state index contributed by atoms with van der Waals surface area (Å²) in [6, 6.07) is 5.50. The summed E-state index contributed by atoms with van der Waals surface area (Å²) in [4.78, 5) is 0. The Labute approximate surface area is 133 Å². The minimum absolute atomic E-state index is 0.286. The summed E-state index contributed by atoms with van der Waals surface area (Å²) >= 11 is 6.14. The fraction of sp³-hybridized carbons (Fsp3) is 0.667. The van der Waals surface area contributed by atoms with Gasteiger partial charge in [0.25, 0.3) is 0 Å². The van der Waals surface area contributed by atoms with E-state index in [0.717, 1.165) is 18.5 Å². The van der Waals surface area contributed by atoms with Gasteiger partial charge in [0.2, 0.25) is 0 Å². The molecule has 1 aromatic carbocycles. The quantitative estimate of drug-likeness (QED) is 0.786. The molecule has 2 rings (SSSR count). The van der Waals surface area contributed by atoms with Gasteiger partial charge in [-0.25, -0.2) is 4.39 Å². The van der Waals surface area contributed by atoms with Crippen LogP contribution < -0.4 is 5.32 Å². The maximum Gasteiger partial charge on any atom is 0.142 e. The van der Waals surface area contributed by atoms with Crippen molar-refractivity contribution in [2.75, 3.05) is 6.54 Å². The van der Waals surface area contributed by atoms with Crippen molar-refractivity contribution in [2.24, 2.45) is 11.3 Å². The molecule has 1 saturated carbocycles. The number of rotatable bonds is 5. The van der Waals surface area contributed by atoms with E-state index >= 15 is 0 Å². The SMILES string of the molecule is CCNC(Cc1cccc(F)c1Cl)C1CCCCC1(C)C. The van der Waals surface area contributed by atoms with Gasteiger partial charge in [0.1, 0.15) is 5.82 Å². The Bertz CT molecular complexity index is 472. The highest BCUT2D eigenvalue weighted by molar-refractivity contribution is 6.31. The first-order chi connectivity index (χ1) is 9.95. The second-order valence-electron chi connectivity index (χ2n) is 6.92.